The second kappa shape index (κ2) is 6.98. The number of carbonyl (C=O) groups is 1. The number of ether oxygens (including phenoxy) is 3. The van der Waals surface area contributed by atoms with Crippen molar-refractivity contribution in [3.63, 3.8) is 0 Å². The molecule has 0 radical (unpaired) electrons. The monoisotopic (exact) mass is 412 g/mol. The van der Waals surface area contributed by atoms with Gasteiger partial charge in [0.2, 0.25) is 5.78 Å². The van der Waals surface area contributed by atoms with Crippen molar-refractivity contribution in [3.05, 3.63) is 64.4 Å². The zero-order chi connectivity index (χ0) is 21.0. The van der Waals surface area contributed by atoms with Crippen LogP contribution in [0.15, 0.2) is 48.2 Å². The van der Waals surface area contributed by atoms with Crippen LogP contribution in [0, 0.1) is 0 Å². The number of hydrogen-bond acceptors (Lipinski definition) is 4. The maximum Gasteiger partial charge on any atom is 0.200 e. The molecular formula is C24H25ClO4. The van der Waals surface area contributed by atoms with Gasteiger partial charge in [0, 0.05) is 17.7 Å². The summed E-state index contributed by atoms with van der Waals surface area (Å²) < 4.78 is 17.7. The van der Waals surface area contributed by atoms with Crippen LogP contribution in [0.5, 0.6) is 0 Å². The first kappa shape index (κ1) is 20.1. The normalized spacial score (nSPS) is 25.3. The number of carbonyl (C=O) groups excluding carboxylic acids is 1. The molecule has 5 heteroatoms. The van der Waals surface area contributed by atoms with Gasteiger partial charge in [0.1, 0.15) is 17.5 Å². The molecule has 2 heterocycles. The number of Topliss-reactive ketones (excluding diaryl/α,β-unsaturated/α-hetero) is 1. The molecule has 0 spiro atoms. The Labute approximate surface area is 176 Å². The third kappa shape index (κ3) is 3.29. The van der Waals surface area contributed by atoms with Crippen molar-refractivity contribution in [2.24, 2.45) is 0 Å². The highest BCUT2D eigenvalue weighted by Crippen LogP contribution is 2.49. The molecule has 2 aliphatic heterocycles. The van der Waals surface area contributed by atoms with E-state index in [0.29, 0.717) is 16.4 Å². The molecule has 0 N–H and O–H groups in total. The summed E-state index contributed by atoms with van der Waals surface area (Å²) in [6.45, 7) is 7.82. The molecule has 2 aliphatic rings. The minimum atomic E-state index is -1.07. The van der Waals surface area contributed by atoms with Gasteiger partial charge < -0.3 is 14.2 Å². The van der Waals surface area contributed by atoms with E-state index < -0.39 is 11.2 Å². The smallest absolute Gasteiger partial charge is 0.200 e. The van der Waals surface area contributed by atoms with Crippen molar-refractivity contribution in [1.29, 1.82) is 0 Å². The molecule has 0 saturated carbocycles. The molecule has 0 saturated heterocycles. The first-order valence-electron chi connectivity index (χ1n) is 9.72. The standard InChI is InChI=1S/C24H25ClO4/c1-14-18-11-8-16(15-6-9-17(25)10-7-15)12-19(18)20-21(26)24(4,13-27-5)29-23(2,3)22(20)28-14/h6-12,14H,13H2,1-5H3. The molecule has 0 amide bonds. The molecule has 2 aromatic rings. The van der Waals surface area contributed by atoms with Crippen LogP contribution in [0.2, 0.25) is 5.02 Å². The van der Waals surface area contributed by atoms with E-state index in [0.717, 1.165) is 22.3 Å². The minimum absolute atomic E-state index is 0.116. The fourth-order valence-corrected chi connectivity index (χ4v) is 4.46. The van der Waals surface area contributed by atoms with Crippen molar-refractivity contribution >= 4 is 23.0 Å². The molecule has 29 heavy (non-hydrogen) atoms. The summed E-state index contributed by atoms with van der Waals surface area (Å²) in [4.78, 5) is 13.6. The average molecular weight is 413 g/mol. The van der Waals surface area contributed by atoms with Gasteiger partial charge in [-0.15, -0.1) is 0 Å². The highest BCUT2D eigenvalue weighted by atomic mass is 35.5. The first-order valence-corrected chi connectivity index (χ1v) is 10.1. The van der Waals surface area contributed by atoms with Gasteiger partial charge in [-0.25, -0.2) is 0 Å². The zero-order valence-electron chi connectivity index (χ0n) is 17.3. The van der Waals surface area contributed by atoms with Crippen LogP contribution in [-0.2, 0) is 19.0 Å². The van der Waals surface area contributed by atoms with Crippen molar-refractivity contribution in [1.82, 2.24) is 0 Å². The van der Waals surface area contributed by atoms with Gasteiger partial charge in [-0.2, -0.15) is 0 Å². The van der Waals surface area contributed by atoms with E-state index in [1.54, 1.807) is 14.0 Å². The Morgan fingerprint density at radius 3 is 2.38 bits per heavy atom. The van der Waals surface area contributed by atoms with Gasteiger partial charge in [-0.1, -0.05) is 35.9 Å². The highest BCUT2D eigenvalue weighted by Gasteiger charge is 2.52. The van der Waals surface area contributed by atoms with E-state index in [9.17, 15) is 4.79 Å². The van der Waals surface area contributed by atoms with E-state index in [1.165, 1.54) is 0 Å². The molecule has 152 valence electrons. The van der Waals surface area contributed by atoms with E-state index in [2.05, 4.69) is 12.1 Å². The molecule has 0 aliphatic carbocycles. The summed E-state index contributed by atoms with van der Waals surface area (Å²) in [6.07, 6.45) is -0.175. The molecule has 4 rings (SSSR count). The lowest BCUT2D eigenvalue weighted by Crippen LogP contribution is -2.55. The van der Waals surface area contributed by atoms with E-state index >= 15 is 0 Å². The van der Waals surface area contributed by atoms with E-state index in [-0.39, 0.29) is 18.5 Å². The van der Waals surface area contributed by atoms with Gasteiger partial charge in [0.25, 0.3) is 0 Å². The van der Waals surface area contributed by atoms with Crippen LogP contribution in [-0.4, -0.2) is 30.7 Å². The molecule has 0 aromatic heterocycles. The second-order valence-electron chi connectivity index (χ2n) is 8.38. The second-order valence-corrected chi connectivity index (χ2v) is 8.81. The average Bonchev–Trinajstić information content (AvgIpc) is 2.66. The maximum atomic E-state index is 13.6. The summed E-state index contributed by atoms with van der Waals surface area (Å²) in [5, 5.41) is 0.690. The van der Waals surface area contributed by atoms with Gasteiger partial charge >= 0.3 is 0 Å². The lowest BCUT2D eigenvalue weighted by Gasteiger charge is -2.46. The van der Waals surface area contributed by atoms with Crippen molar-refractivity contribution in [3.8, 4) is 11.1 Å². The predicted octanol–water partition coefficient (Wildman–Crippen LogP) is 5.59. The SMILES string of the molecule is COCC1(C)OC(C)(C)C2=C(C1=O)c1cc(-c3ccc(Cl)cc3)ccc1C(C)O2. The molecule has 2 aromatic carbocycles. The summed E-state index contributed by atoms with van der Waals surface area (Å²) in [7, 11) is 1.57. The predicted molar refractivity (Wildman–Crippen MR) is 114 cm³/mol. The van der Waals surface area contributed by atoms with Crippen LogP contribution in [0.25, 0.3) is 16.7 Å². The number of fused-ring (bicyclic) bond motifs is 2. The number of rotatable bonds is 3. The Morgan fingerprint density at radius 1 is 1.07 bits per heavy atom. The topological polar surface area (TPSA) is 44.8 Å². The summed E-state index contributed by atoms with van der Waals surface area (Å²) >= 11 is 6.04. The van der Waals surface area contributed by atoms with Crippen molar-refractivity contribution in [2.45, 2.75) is 45.0 Å². The number of methoxy groups -OCH3 is 1. The van der Waals surface area contributed by atoms with Crippen LogP contribution in [0.4, 0.5) is 0 Å². The van der Waals surface area contributed by atoms with Crippen LogP contribution < -0.4 is 0 Å². The number of ketones is 1. The van der Waals surface area contributed by atoms with Crippen LogP contribution in [0.1, 0.15) is 44.9 Å². The van der Waals surface area contributed by atoms with Gasteiger partial charge in [0.15, 0.2) is 5.60 Å². The van der Waals surface area contributed by atoms with Crippen LogP contribution in [0.3, 0.4) is 0 Å². The Balaban J connectivity index is 1.92. The van der Waals surface area contributed by atoms with Crippen molar-refractivity contribution in [2.75, 3.05) is 13.7 Å². The Bertz CT molecular complexity index is 1010. The number of benzene rings is 2. The largest absolute Gasteiger partial charge is 0.487 e. The lowest BCUT2D eigenvalue weighted by molar-refractivity contribution is -0.178. The Kier molecular flexibility index (Phi) is 4.85. The fourth-order valence-electron chi connectivity index (χ4n) is 4.33. The third-order valence-corrected chi connectivity index (χ3v) is 5.87. The molecule has 2 unspecified atom stereocenters. The summed E-state index contributed by atoms with van der Waals surface area (Å²) in [5.74, 6) is 0.472. The Hall–Kier alpha value is -2.14. The summed E-state index contributed by atoms with van der Waals surface area (Å²) in [5.41, 5.74) is 2.71. The molecule has 0 bridgehead atoms. The lowest BCUT2D eigenvalue weighted by atomic mass is 9.78. The van der Waals surface area contributed by atoms with Gasteiger partial charge in [0.05, 0.1) is 12.2 Å². The summed E-state index contributed by atoms with van der Waals surface area (Å²) in [6, 6.07) is 13.9. The van der Waals surface area contributed by atoms with E-state index in [1.807, 2.05) is 51.1 Å². The van der Waals surface area contributed by atoms with Gasteiger partial charge in [-0.05, 0) is 62.6 Å². The maximum absolute atomic E-state index is 13.6. The van der Waals surface area contributed by atoms with E-state index in [4.69, 9.17) is 25.8 Å². The molecule has 4 nitrogen and oxygen atoms in total. The van der Waals surface area contributed by atoms with Crippen LogP contribution >= 0.6 is 11.6 Å². The van der Waals surface area contributed by atoms with Gasteiger partial charge in [-0.3, -0.25) is 4.79 Å². The Morgan fingerprint density at radius 2 is 1.72 bits per heavy atom. The minimum Gasteiger partial charge on any atom is -0.487 e. The van der Waals surface area contributed by atoms with Crippen molar-refractivity contribution < 1.29 is 19.0 Å². The molecular weight excluding hydrogens is 388 g/mol. The molecule has 2 atom stereocenters. The zero-order valence-corrected chi connectivity index (χ0v) is 18.1. The quantitative estimate of drug-likeness (QED) is 0.658. The first-order chi connectivity index (χ1) is 13.7. The fraction of sp³-hybridized carbons (Fsp3) is 0.375. The molecule has 0 fully saturated rings. The number of hydrogen-bond donors (Lipinski definition) is 0. The third-order valence-electron chi connectivity index (χ3n) is 5.61. The number of halogens is 1. The highest BCUT2D eigenvalue weighted by molar-refractivity contribution is 6.30.